The average molecular weight is 495 g/mol. The van der Waals surface area contributed by atoms with Crippen LogP contribution in [0.4, 0.5) is 0 Å². The fourth-order valence-corrected chi connectivity index (χ4v) is 4.63. The fraction of sp³-hybridized carbons (Fsp3) is 0.320. The maximum atomic E-state index is 12.5. The molecule has 0 amide bonds. The topological polar surface area (TPSA) is 128 Å². The Morgan fingerprint density at radius 3 is 2.69 bits per heavy atom. The van der Waals surface area contributed by atoms with E-state index in [-0.39, 0.29) is 24.9 Å². The maximum Gasteiger partial charge on any atom is 0.335 e. The van der Waals surface area contributed by atoms with E-state index in [0.29, 0.717) is 28.7 Å². The van der Waals surface area contributed by atoms with Crippen molar-refractivity contribution >= 4 is 6.21 Å². The van der Waals surface area contributed by atoms with Crippen molar-refractivity contribution in [1.82, 2.24) is 14.5 Å². The van der Waals surface area contributed by atoms with Gasteiger partial charge in [0.25, 0.3) is 5.56 Å². The minimum absolute atomic E-state index is 0.123. The third kappa shape index (κ3) is 3.97. The first-order chi connectivity index (χ1) is 17.4. The Balaban J connectivity index is 1.49. The van der Waals surface area contributed by atoms with Crippen LogP contribution in [0.15, 0.2) is 44.9 Å². The largest absolute Gasteiger partial charge is 0.497 e. The van der Waals surface area contributed by atoms with Crippen LogP contribution >= 0.6 is 0 Å². The van der Waals surface area contributed by atoms with Crippen LogP contribution < -0.4 is 30.2 Å². The molecule has 0 spiro atoms. The van der Waals surface area contributed by atoms with E-state index in [4.69, 9.17) is 18.9 Å². The average Bonchev–Trinajstić information content (AvgIpc) is 3.34. The molecule has 0 bridgehead atoms. The summed E-state index contributed by atoms with van der Waals surface area (Å²) in [4.78, 5) is 33.9. The van der Waals surface area contributed by atoms with Crippen molar-refractivity contribution in [3.63, 3.8) is 0 Å². The first-order valence-corrected chi connectivity index (χ1v) is 11.3. The zero-order valence-corrected chi connectivity index (χ0v) is 20.1. The Morgan fingerprint density at radius 1 is 1.19 bits per heavy atom. The highest BCUT2D eigenvalue weighted by atomic mass is 16.7. The van der Waals surface area contributed by atoms with Crippen LogP contribution in [-0.2, 0) is 6.42 Å². The molecular formula is C25H26N4O7. The number of methoxy groups -OCH3 is 2. The third-order valence-electron chi connectivity index (χ3n) is 6.50. The number of aromatic amines is 1. The summed E-state index contributed by atoms with van der Waals surface area (Å²) in [6.07, 6.45) is 2.10. The molecule has 2 N–H and O–H groups in total. The molecule has 36 heavy (non-hydrogen) atoms. The second-order valence-electron chi connectivity index (χ2n) is 8.49. The molecule has 0 saturated heterocycles. The molecule has 188 valence electrons. The van der Waals surface area contributed by atoms with E-state index < -0.39 is 17.1 Å². The van der Waals surface area contributed by atoms with Gasteiger partial charge in [-0.25, -0.2) is 9.36 Å². The molecule has 2 aliphatic rings. The number of likely N-dealkylation sites (N-methyl/N-ethyl adjacent to an activating group) is 1. The lowest BCUT2D eigenvalue weighted by molar-refractivity contribution is 0.170. The Hall–Kier alpha value is -4.25. The van der Waals surface area contributed by atoms with Gasteiger partial charge in [0.1, 0.15) is 11.3 Å². The van der Waals surface area contributed by atoms with Crippen molar-refractivity contribution in [2.24, 2.45) is 4.99 Å². The van der Waals surface area contributed by atoms with Gasteiger partial charge in [0.15, 0.2) is 11.5 Å². The van der Waals surface area contributed by atoms with Gasteiger partial charge < -0.3 is 24.1 Å². The highest BCUT2D eigenvalue weighted by Crippen LogP contribution is 2.49. The molecular weight excluding hydrogens is 468 g/mol. The molecule has 2 aliphatic heterocycles. The van der Waals surface area contributed by atoms with Crippen LogP contribution in [0.2, 0.25) is 0 Å². The molecule has 11 nitrogen and oxygen atoms in total. The molecule has 0 radical (unpaired) electrons. The number of hydrogen-bond donors (Lipinski definition) is 2. The summed E-state index contributed by atoms with van der Waals surface area (Å²) in [5.41, 5.74) is 0.788. The van der Waals surface area contributed by atoms with E-state index in [2.05, 4.69) is 14.9 Å². The first-order valence-electron chi connectivity index (χ1n) is 11.3. The molecule has 2 aromatic carbocycles. The summed E-state index contributed by atoms with van der Waals surface area (Å²) >= 11 is 0. The number of nitrogens with zero attached hydrogens (tertiary/aromatic N) is 3. The summed E-state index contributed by atoms with van der Waals surface area (Å²) < 4.78 is 23.0. The van der Waals surface area contributed by atoms with Crippen LogP contribution in [0.5, 0.6) is 28.9 Å². The van der Waals surface area contributed by atoms with Gasteiger partial charge in [-0.1, -0.05) is 0 Å². The Bertz CT molecular complexity index is 1440. The van der Waals surface area contributed by atoms with Gasteiger partial charge in [-0.15, -0.1) is 0 Å². The maximum absolute atomic E-state index is 12.5. The molecule has 11 heteroatoms. The number of H-pyrrole nitrogens is 1. The Morgan fingerprint density at radius 2 is 1.97 bits per heavy atom. The SMILES string of the molecule is COc1ccc(-n2c(O)c(C=NCC3c4c(cc5c(c4OC)OCO5)CCN3C)c(=O)[nH]c2=O)cc1. The van der Waals surface area contributed by atoms with Crippen molar-refractivity contribution in [2.45, 2.75) is 12.5 Å². The number of nitrogens with one attached hydrogen (secondary N) is 1. The van der Waals surface area contributed by atoms with E-state index in [1.54, 1.807) is 31.4 Å². The minimum Gasteiger partial charge on any atom is -0.497 e. The zero-order valence-electron chi connectivity index (χ0n) is 20.1. The highest BCUT2D eigenvalue weighted by Gasteiger charge is 2.33. The van der Waals surface area contributed by atoms with Gasteiger partial charge in [0.2, 0.25) is 18.4 Å². The second-order valence-corrected chi connectivity index (χ2v) is 8.49. The summed E-state index contributed by atoms with van der Waals surface area (Å²) in [7, 11) is 5.10. The molecule has 3 aromatic rings. The number of aliphatic imine (C=N–C) groups is 1. The zero-order chi connectivity index (χ0) is 25.4. The quantitative estimate of drug-likeness (QED) is 0.495. The van der Waals surface area contributed by atoms with E-state index in [0.717, 1.165) is 28.7 Å². The van der Waals surface area contributed by atoms with Gasteiger partial charge in [-0.3, -0.25) is 19.7 Å². The van der Waals surface area contributed by atoms with Crippen LogP contribution in [0.25, 0.3) is 5.69 Å². The van der Waals surface area contributed by atoms with Gasteiger partial charge in [-0.05, 0) is 49.4 Å². The number of benzene rings is 2. The van der Waals surface area contributed by atoms with Gasteiger partial charge in [-0.2, -0.15) is 0 Å². The van der Waals surface area contributed by atoms with Crippen molar-refractivity contribution in [2.75, 3.05) is 41.1 Å². The van der Waals surface area contributed by atoms with Crippen LogP contribution in [0.1, 0.15) is 22.7 Å². The smallest absolute Gasteiger partial charge is 0.335 e. The molecule has 1 unspecified atom stereocenters. The lowest BCUT2D eigenvalue weighted by Crippen LogP contribution is -2.34. The lowest BCUT2D eigenvalue weighted by atomic mass is 9.91. The standard InChI is InChI=1S/C25H26N4O7/c1-28-9-8-14-10-19-21(36-13-35-19)22(34-3)20(14)18(28)12-26-11-17-23(30)27-25(32)29(24(17)31)15-4-6-16(33-2)7-5-15/h4-7,10-11,18,31H,8-9,12-13H2,1-3H3,(H,27,30,32). The molecule has 5 rings (SSSR count). The van der Waals surface area contributed by atoms with Crippen molar-refractivity contribution in [1.29, 1.82) is 0 Å². The van der Waals surface area contributed by atoms with Gasteiger partial charge in [0.05, 0.1) is 32.5 Å². The predicted octanol–water partition coefficient (Wildman–Crippen LogP) is 1.63. The fourth-order valence-electron chi connectivity index (χ4n) is 4.63. The summed E-state index contributed by atoms with van der Waals surface area (Å²) in [6, 6.07) is 8.31. The van der Waals surface area contributed by atoms with Crippen LogP contribution in [-0.4, -0.2) is 66.9 Å². The summed E-state index contributed by atoms with van der Waals surface area (Å²) in [5.74, 6) is 1.93. The second kappa shape index (κ2) is 9.42. The summed E-state index contributed by atoms with van der Waals surface area (Å²) in [5, 5.41) is 10.8. The van der Waals surface area contributed by atoms with Crippen molar-refractivity contribution < 1.29 is 24.1 Å². The van der Waals surface area contributed by atoms with Crippen LogP contribution in [0.3, 0.4) is 0 Å². The number of fused-ring (bicyclic) bond motifs is 2. The van der Waals surface area contributed by atoms with Crippen molar-refractivity contribution in [3.8, 4) is 34.6 Å². The lowest BCUT2D eigenvalue weighted by Gasteiger charge is -2.35. The Labute approximate surface area is 206 Å². The van der Waals surface area contributed by atoms with Gasteiger partial charge >= 0.3 is 5.69 Å². The van der Waals surface area contributed by atoms with E-state index in [9.17, 15) is 14.7 Å². The minimum atomic E-state index is -0.762. The van der Waals surface area contributed by atoms with Crippen LogP contribution in [0, 0.1) is 0 Å². The monoisotopic (exact) mass is 494 g/mol. The third-order valence-corrected chi connectivity index (χ3v) is 6.50. The van der Waals surface area contributed by atoms with Gasteiger partial charge in [0, 0.05) is 18.3 Å². The number of rotatable bonds is 6. The number of aromatic hydroxyl groups is 1. The molecule has 0 saturated carbocycles. The normalized spacial score (nSPS) is 16.8. The van der Waals surface area contributed by atoms with Crippen molar-refractivity contribution in [3.05, 3.63) is 67.9 Å². The predicted molar refractivity (Wildman–Crippen MR) is 132 cm³/mol. The number of hydrogen-bond acceptors (Lipinski definition) is 9. The van der Waals surface area contributed by atoms with E-state index in [1.807, 2.05) is 13.1 Å². The highest BCUT2D eigenvalue weighted by molar-refractivity contribution is 5.82. The molecule has 3 heterocycles. The first kappa shape index (κ1) is 23.5. The molecule has 0 fully saturated rings. The molecule has 1 aromatic heterocycles. The Kier molecular flexibility index (Phi) is 6.15. The number of aromatic nitrogens is 2. The summed E-state index contributed by atoms with van der Waals surface area (Å²) in [6.45, 7) is 1.21. The number of ether oxygens (including phenoxy) is 4. The van der Waals surface area contributed by atoms with E-state index >= 15 is 0 Å². The molecule has 1 atom stereocenters. The van der Waals surface area contributed by atoms with E-state index in [1.165, 1.54) is 13.3 Å². The molecule has 0 aliphatic carbocycles.